The molecule has 1 aliphatic rings. The number of rotatable bonds is 7. The van der Waals surface area contributed by atoms with Gasteiger partial charge in [-0.25, -0.2) is 0 Å². The summed E-state index contributed by atoms with van der Waals surface area (Å²) in [6, 6.07) is 10.2. The third-order valence-corrected chi connectivity index (χ3v) is 4.87. The lowest BCUT2D eigenvalue weighted by atomic mass is 9.73. The first-order valence-corrected chi connectivity index (χ1v) is 8.48. The molecule has 0 atom stereocenters. The van der Waals surface area contributed by atoms with E-state index in [1.807, 2.05) is 18.2 Å². The van der Waals surface area contributed by atoms with Gasteiger partial charge >= 0.3 is 0 Å². The summed E-state index contributed by atoms with van der Waals surface area (Å²) in [4.78, 5) is 14.4. The van der Waals surface area contributed by atoms with Gasteiger partial charge in [0.15, 0.2) is 0 Å². The fraction of sp³-hybridized carbons (Fsp3) is 0.611. The summed E-state index contributed by atoms with van der Waals surface area (Å²) < 4.78 is 5.49. The molecule has 1 amide bonds. The monoisotopic (exact) mass is 305 g/mol. The van der Waals surface area contributed by atoms with E-state index in [1.165, 1.54) is 4.90 Å². The molecule has 0 unspecified atom stereocenters. The molecule has 4 nitrogen and oxygen atoms in total. The van der Waals surface area contributed by atoms with Crippen molar-refractivity contribution < 1.29 is 14.4 Å². The van der Waals surface area contributed by atoms with E-state index in [2.05, 4.69) is 31.3 Å². The van der Waals surface area contributed by atoms with E-state index >= 15 is 0 Å². The van der Waals surface area contributed by atoms with E-state index in [-0.39, 0.29) is 5.91 Å². The third-order valence-electron chi connectivity index (χ3n) is 4.87. The summed E-state index contributed by atoms with van der Waals surface area (Å²) in [5.41, 5.74) is 0.698. The smallest absolute Gasteiger partial charge is 0.231 e. The van der Waals surface area contributed by atoms with Crippen molar-refractivity contribution in [3.63, 3.8) is 0 Å². The molecule has 1 aromatic carbocycles. The molecule has 1 aromatic rings. The second-order valence-corrected chi connectivity index (χ2v) is 6.02. The van der Waals surface area contributed by atoms with Crippen molar-refractivity contribution >= 4 is 5.91 Å². The highest BCUT2D eigenvalue weighted by molar-refractivity contribution is 5.88. The van der Waals surface area contributed by atoms with Crippen LogP contribution in [0.25, 0.3) is 0 Å². The quantitative estimate of drug-likeness (QED) is 0.782. The number of carbonyl (C=O) groups excluding carboxylic acids is 1. The molecule has 0 aliphatic carbocycles. The molecular formula is C18H29N2O2+. The Hall–Kier alpha value is -1.39. The zero-order valence-corrected chi connectivity index (χ0v) is 13.9. The molecule has 1 saturated heterocycles. The van der Waals surface area contributed by atoms with Crippen LogP contribution in [0, 0.1) is 0 Å². The Balaban J connectivity index is 2.04. The molecule has 22 heavy (non-hydrogen) atoms. The molecule has 0 aromatic heterocycles. The van der Waals surface area contributed by atoms with Crippen molar-refractivity contribution in [1.29, 1.82) is 0 Å². The van der Waals surface area contributed by atoms with Crippen LogP contribution in [0.15, 0.2) is 30.3 Å². The van der Waals surface area contributed by atoms with Gasteiger partial charge in [0.2, 0.25) is 5.91 Å². The molecule has 1 heterocycles. The summed E-state index contributed by atoms with van der Waals surface area (Å²) in [5.74, 6) is 0.161. The van der Waals surface area contributed by atoms with Crippen LogP contribution in [0.2, 0.25) is 0 Å². The maximum atomic E-state index is 12.9. The van der Waals surface area contributed by atoms with E-state index in [4.69, 9.17) is 4.74 Å². The molecule has 1 aliphatic heterocycles. The lowest BCUT2D eigenvalue weighted by Gasteiger charge is -2.36. The molecule has 2 rings (SSSR count). The molecule has 0 spiro atoms. The van der Waals surface area contributed by atoms with Gasteiger partial charge in [0.25, 0.3) is 0 Å². The van der Waals surface area contributed by atoms with Crippen LogP contribution in [0.3, 0.4) is 0 Å². The number of benzene rings is 1. The normalized spacial score (nSPS) is 17.4. The number of quaternary nitrogens is 1. The standard InChI is InChI=1S/C18H28N2O2/c1-3-20(4-2)13-12-19-17(21)18(10-14-22-15-11-18)16-8-6-5-7-9-16/h5-9H,3-4,10-15H2,1-2H3,(H,19,21)/p+1. The van der Waals surface area contributed by atoms with Crippen LogP contribution in [-0.4, -0.2) is 45.3 Å². The first-order chi connectivity index (χ1) is 10.7. The summed E-state index contributed by atoms with van der Waals surface area (Å²) in [5, 5.41) is 3.18. The third kappa shape index (κ3) is 3.87. The summed E-state index contributed by atoms with van der Waals surface area (Å²) >= 11 is 0. The predicted molar refractivity (Wildman–Crippen MR) is 88.1 cm³/mol. The number of hydrogen-bond donors (Lipinski definition) is 2. The summed E-state index contributed by atoms with van der Waals surface area (Å²) in [6.07, 6.45) is 1.53. The van der Waals surface area contributed by atoms with Crippen LogP contribution in [0.1, 0.15) is 32.3 Å². The largest absolute Gasteiger partial charge is 0.381 e. The van der Waals surface area contributed by atoms with Gasteiger partial charge in [0.05, 0.1) is 31.6 Å². The number of nitrogens with one attached hydrogen (secondary N) is 2. The van der Waals surface area contributed by atoms with E-state index in [1.54, 1.807) is 0 Å². The molecule has 0 saturated carbocycles. The van der Waals surface area contributed by atoms with Crippen LogP contribution in [0.4, 0.5) is 0 Å². The van der Waals surface area contributed by atoms with Gasteiger partial charge in [0, 0.05) is 13.2 Å². The van der Waals surface area contributed by atoms with Crippen LogP contribution in [0.5, 0.6) is 0 Å². The lowest BCUT2D eigenvalue weighted by Crippen LogP contribution is -3.12. The molecule has 4 heteroatoms. The van der Waals surface area contributed by atoms with Crippen molar-refractivity contribution in [3.05, 3.63) is 35.9 Å². The predicted octanol–water partition coefficient (Wildman–Crippen LogP) is 0.776. The minimum Gasteiger partial charge on any atom is -0.381 e. The second kappa shape index (κ2) is 8.30. The number of likely N-dealkylation sites (N-methyl/N-ethyl adjacent to an activating group) is 1. The highest BCUT2D eigenvalue weighted by atomic mass is 16.5. The molecule has 2 N–H and O–H groups in total. The molecule has 0 radical (unpaired) electrons. The molecular weight excluding hydrogens is 276 g/mol. The first-order valence-electron chi connectivity index (χ1n) is 8.48. The fourth-order valence-electron chi connectivity index (χ4n) is 3.25. The molecule has 0 bridgehead atoms. The van der Waals surface area contributed by atoms with Gasteiger partial charge in [-0.05, 0) is 32.3 Å². The van der Waals surface area contributed by atoms with Gasteiger partial charge in [0.1, 0.15) is 0 Å². The summed E-state index contributed by atoms with van der Waals surface area (Å²) in [7, 11) is 0. The fourth-order valence-corrected chi connectivity index (χ4v) is 3.25. The van der Waals surface area contributed by atoms with Gasteiger partial charge in [-0.1, -0.05) is 30.3 Å². The second-order valence-electron chi connectivity index (χ2n) is 6.02. The maximum Gasteiger partial charge on any atom is 0.231 e. The Labute approximate surface area is 133 Å². The van der Waals surface area contributed by atoms with E-state index in [0.717, 1.165) is 44.6 Å². The van der Waals surface area contributed by atoms with Gasteiger partial charge in [-0.15, -0.1) is 0 Å². The lowest BCUT2D eigenvalue weighted by molar-refractivity contribution is -0.895. The Morgan fingerprint density at radius 2 is 1.82 bits per heavy atom. The topological polar surface area (TPSA) is 42.8 Å². The Morgan fingerprint density at radius 3 is 2.41 bits per heavy atom. The average molecular weight is 305 g/mol. The Morgan fingerprint density at radius 1 is 1.18 bits per heavy atom. The minimum absolute atomic E-state index is 0.161. The first kappa shape index (κ1) is 17.0. The minimum atomic E-state index is -0.419. The van der Waals surface area contributed by atoms with Crippen molar-refractivity contribution in [2.24, 2.45) is 0 Å². The van der Waals surface area contributed by atoms with Crippen LogP contribution < -0.4 is 10.2 Å². The van der Waals surface area contributed by atoms with Crippen molar-refractivity contribution in [3.8, 4) is 0 Å². The molecule has 1 fully saturated rings. The zero-order valence-electron chi connectivity index (χ0n) is 13.9. The number of hydrogen-bond acceptors (Lipinski definition) is 2. The highest BCUT2D eigenvalue weighted by Gasteiger charge is 2.41. The Kier molecular flexibility index (Phi) is 6.40. The number of amides is 1. The van der Waals surface area contributed by atoms with Crippen molar-refractivity contribution in [1.82, 2.24) is 5.32 Å². The zero-order chi connectivity index (χ0) is 15.8. The molecule has 122 valence electrons. The van der Waals surface area contributed by atoms with Gasteiger partial charge in [-0.3, -0.25) is 4.79 Å². The van der Waals surface area contributed by atoms with E-state index < -0.39 is 5.41 Å². The van der Waals surface area contributed by atoms with Crippen molar-refractivity contribution in [2.75, 3.05) is 39.4 Å². The Bertz CT molecular complexity index is 451. The van der Waals surface area contributed by atoms with Crippen molar-refractivity contribution in [2.45, 2.75) is 32.1 Å². The van der Waals surface area contributed by atoms with Gasteiger partial charge in [-0.2, -0.15) is 0 Å². The van der Waals surface area contributed by atoms with E-state index in [9.17, 15) is 4.79 Å². The van der Waals surface area contributed by atoms with Crippen LogP contribution in [-0.2, 0) is 14.9 Å². The van der Waals surface area contributed by atoms with Crippen LogP contribution >= 0.6 is 0 Å². The maximum absolute atomic E-state index is 12.9. The van der Waals surface area contributed by atoms with Gasteiger partial charge < -0.3 is 15.0 Å². The highest BCUT2D eigenvalue weighted by Crippen LogP contribution is 2.34. The number of ether oxygens (including phenoxy) is 1. The SMILES string of the molecule is CC[NH+](CC)CCNC(=O)C1(c2ccccc2)CCOCC1. The number of carbonyl (C=O) groups is 1. The van der Waals surface area contributed by atoms with E-state index in [0.29, 0.717) is 13.2 Å². The summed E-state index contributed by atoms with van der Waals surface area (Å²) in [6.45, 7) is 9.61. The average Bonchev–Trinajstić information content (AvgIpc) is 2.60.